The molecule has 2 N–H and O–H groups in total. The fourth-order valence-electron chi connectivity index (χ4n) is 2.07. The summed E-state index contributed by atoms with van der Waals surface area (Å²) in [4.78, 5) is 0. The number of rotatable bonds is 0. The SMILES string of the molecule is CC1NCC2NCCC12. The molecule has 0 aliphatic carbocycles. The Balaban J connectivity index is 2.07. The molecule has 2 saturated heterocycles. The molecule has 9 heavy (non-hydrogen) atoms. The van der Waals surface area contributed by atoms with Gasteiger partial charge in [0.1, 0.15) is 0 Å². The molecular weight excluding hydrogens is 112 g/mol. The van der Waals surface area contributed by atoms with Crippen LogP contribution in [0.15, 0.2) is 0 Å². The molecule has 0 amide bonds. The van der Waals surface area contributed by atoms with Crippen LogP contribution in [-0.2, 0) is 0 Å². The Hall–Kier alpha value is -0.0800. The molecule has 0 aromatic rings. The van der Waals surface area contributed by atoms with Crippen LogP contribution < -0.4 is 10.6 Å². The Labute approximate surface area is 56.0 Å². The van der Waals surface area contributed by atoms with Crippen molar-refractivity contribution in [1.29, 1.82) is 0 Å². The molecule has 2 rings (SSSR count). The normalized spacial score (nSPS) is 49.7. The van der Waals surface area contributed by atoms with Crippen molar-refractivity contribution in [2.45, 2.75) is 25.4 Å². The Morgan fingerprint density at radius 1 is 1.33 bits per heavy atom. The first-order chi connectivity index (χ1) is 4.38. The molecule has 0 aromatic carbocycles. The van der Waals surface area contributed by atoms with E-state index in [4.69, 9.17) is 0 Å². The van der Waals surface area contributed by atoms with E-state index in [1.54, 1.807) is 0 Å². The quantitative estimate of drug-likeness (QED) is 0.476. The van der Waals surface area contributed by atoms with Gasteiger partial charge in [-0.05, 0) is 25.8 Å². The van der Waals surface area contributed by atoms with Crippen LogP contribution in [0.4, 0.5) is 0 Å². The summed E-state index contributed by atoms with van der Waals surface area (Å²) in [6, 6.07) is 1.55. The van der Waals surface area contributed by atoms with Crippen molar-refractivity contribution in [3.05, 3.63) is 0 Å². The maximum Gasteiger partial charge on any atom is 0.0236 e. The van der Waals surface area contributed by atoms with E-state index >= 15 is 0 Å². The third-order valence-corrected chi connectivity index (χ3v) is 2.70. The van der Waals surface area contributed by atoms with E-state index in [1.807, 2.05) is 0 Å². The smallest absolute Gasteiger partial charge is 0.0236 e. The largest absolute Gasteiger partial charge is 0.312 e. The fourth-order valence-corrected chi connectivity index (χ4v) is 2.07. The van der Waals surface area contributed by atoms with Gasteiger partial charge >= 0.3 is 0 Å². The maximum atomic E-state index is 3.49. The van der Waals surface area contributed by atoms with Crippen LogP contribution in [0.1, 0.15) is 13.3 Å². The van der Waals surface area contributed by atoms with Crippen molar-refractivity contribution in [1.82, 2.24) is 10.6 Å². The first-order valence-corrected chi connectivity index (χ1v) is 3.84. The van der Waals surface area contributed by atoms with Crippen LogP contribution in [0.5, 0.6) is 0 Å². The summed E-state index contributed by atoms with van der Waals surface area (Å²) in [7, 11) is 0. The summed E-state index contributed by atoms with van der Waals surface area (Å²) in [5.74, 6) is 0.921. The molecular formula is C7H14N2. The highest BCUT2D eigenvalue weighted by Crippen LogP contribution is 2.23. The molecule has 52 valence electrons. The minimum atomic E-state index is 0.755. The second kappa shape index (κ2) is 1.96. The minimum Gasteiger partial charge on any atom is -0.312 e. The van der Waals surface area contributed by atoms with Crippen LogP contribution in [-0.4, -0.2) is 25.2 Å². The van der Waals surface area contributed by atoms with Crippen molar-refractivity contribution in [3.8, 4) is 0 Å². The van der Waals surface area contributed by atoms with Gasteiger partial charge in [0, 0.05) is 18.6 Å². The Morgan fingerprint density at radius 3 is 3.00 bits per heavy atom. The van der Waals surface area contributed by atoms with Crippen molar-refractivity contribution in [2.24, 2.45) is 5.92 Å². The van der Waals surface area contributed by atoms with E-state index in [2.05, 4.69) is 17.6 Å². The monoisotopic (exact) mass is 126 g/mol. The second-order valence-electron chi connectivity index (χ2n) is 3.21. The zero-order valence-electron chi connectivity index (χ0n) is 5.85. The third kappa shape index (κ3) is 0.775. The van der Waals surface area contributed by atoms with E-state index < -0.39 is 0 Å². The molecule has 2 heteroatoms. The van der Waals surface area contributed by atoms with Crippen LogP contribution in [0, 0.1) is 5.92 Å². The molecule has 2 fully saturated rings. The number of fused-ring (bicyclic) bond motifs is 1. The van der Waals surface area contributed by atoms with Gasteiger partial charge in [0.2, 0.25) is 0 Å². The standard InChI is InChI=1S/C7H14N2/c1-5-6-2-3-8-7(6)4-9-5/h5-9H,2-4H2,1H3. The van der Waals surface area contributed by atoms with E-state index in [0.717, 1.165) is 18.0 Å². The summed E-state index contributed by atoms with van der Waals surface area (Å²) in [6.07, 6.45) is 1.37. The lowest BCUT2D eigenvalue weighted by Crippen LogP contribution is -2.27. The molecule has 0 radical (unpaired) electrons. The molecule has 3 atom stereocenters. The lowest BCUT2D eigenvalue weighted by atomic mass is 9.98. The van der Waals surface area contributed by atoms with Crippen molar-refractivity contribution < 1.29 is 0 Å². The highest BCUT2D eigenvalue weighted by atomic mass is 15.1. The van der Waals surface area contributed by atoms with Crippen molar-refractivity contribution in [3.63, 3.8) is 0 Å². The van der Waals surface area contributed by atoms with Gasteiger partial charge in [0.05, 0.1) is 0 Å². The zero-order valence-corrected chi connectivity index (χ0v) is 5.85. The Bertz CT molecular complexity index is 113. The number of hydrogen-bond acceptors (Lipinski definition) is 2. The first kappa shape index (κ1) is 5.69. The highest BCUT2D eigenvalue weighted by Gasteiger charge is 2.35. The molecule has 2 heterocycles. The summed E-state index contributed by atoms with van der Waals surface area (Å²) < 4.78 is 0. The van der Waals surface area contributed by atoms with Gasteiger partial charge in [-0.3, -0.25) is 0 Å². The van der Waals surface area contributed by atoms with E-state index in [-0.39, 0.29) is 0 Å². The molecule has 3 unspecified atom stereocenters. The average molecular weight is 126 g/mol. The first-order valence-electron chi connectivity index (χ1n) is 3.84. The van der Waals surface area contributed by atoms with Gasteiger partial charge in [-0.2, -0.15) is 0 Å². The summed E-state index contributed by atoms with van der Waals surface area (Å²) in [5.41, 5.74) is 0. The Kier molecular flexibility index (Phi) is 1.24. The van der Waals surface area contributed by atoms with Gasteiger partial charge in [0.15, 0.2) is 0 Å². The average Bonchev–Trinajstić information content (AvgIpc) is 2.35. The van der Waals surface area contributed by atoms with Gasteiger partial charge in [-0.1, -0.05) is 0 Å². The fraction of sp³-hybridized carbons (Fsp3) is 1.00. The van der Waals surface area contributed by atoms with Crippen LogP contribution >= 0.6 is 0 Å². The van der Waals surface area contributed by atoms with Crippen LogP contribution in [0.2, 0.25) is 0 Å². The predicted molar refractivity (Wildman–Crippen MR) is 37.4 cm³/mol. The third-order valence-electron chi connectivity index (χ3n) is 2.70. The number of hydrogen-bond donors (Lipinski definition) is 2. The van der Waals surface area contributed by atoms with E-state index in [1.165, 1.54) is 19.5 Å². The van der Waals surface area contributed by atoms with E-state index in [9.17, 15) is 0 Å². The molecule has 0 aromatic heterocycles. The maximum absolute atomic E-state index is 3.49. The van der Waals surface area contributed by atoms with E-state index in [0.29, 0.717) is 0 Å². The minimum absolute atomic E-state index is 0.755. The molecule has 0 bridgehead atoms. The lowest BCUT2D eigenvalue weighted by Gasteiger charge is -2.10. The topological polar surface area (TPSA) is 24.1 Å². The summed E-state index contributed by atoms with van der Waals surface area (Å²) >= 11 is 0. The van der Waals surface area contributed by atoms with Crippen LogP contribution in [0.25, 0.3) is 0 Å². The Morgan fingerprint density at radius 2 is 2.22 bits per heavy atom. The summed E-state index contributed by atoms with van der Waals surface area (Å²) in [6.45, 7) is 4.71. The van der Waals surface area contributed by atoms with Gasteiger partial charge in [-0.25, -0.2) is 0 Å². The summed E-state index contributed by atoms with van der Waals surface area (Å²) in [5, 5.41) is 6.95. The number of nitrogens with one attached hydrogen (secondary N) is 2. The van der Waals surface area contributed by atoms with Crippen molar-refractivity contribution >= 4 is 0 Å². The molecule has 2 aliphatic heterocycles. The molecule has 0 spiro atoms. The predicted octanol–water partition coefficient (Wildman–Crippen LogP) is -0.0438. The molecule has 2 aliphatic rings. The van der Waals surface area contributed by atoms with Gasteiger partial charge in [-0.15, -0.1) is 0 Å². The highest BCUT2D eigenvalue weighted by molar-refractivity contribution is 4.96. The lowest BCUT2D eigenvalue weighted by molar-refractivity contribution is 0.472. The van der Waals surface area contributed by atoms with Gasteiger partial charge in [0.25, 0.3) is 0 Å². The molecule has 0 saturated carbocycles. The second-order valence-corrected chi connectivity index (χ2v) is 3.21. The van der Waals surface area contributed by atoms with Crippen molar-refractivity contribution in [2.75, 3.05) is 13.1 Å². The van der Waals surface area contributed by atoms with Gasteiger partial charge < -0.3 is 10.6 Å². The van der Waals surface area contributed by atoms with Crippen LogP contribution in [0.3, 0.4) is 0 Å². The zero-order chi connectivity index (χ0) is 6.27. The molecule has 2 nitrogen and oxygen atoms in total.